The third-order valence-corrected chi connectivity index (χ3v) is 3.95. The number of halogens is 1. The molecule has 5 heteroatoms. The molecule has 1 fully saturated rings. The van der Waals surface area contributed by atoms with E-state index in [0.717, 1.165) is 31.5 Å². The van der Waals surface area contributed by atoms with Gasteiger partial charge in [-0.3, -0.25) is 9.69 Å². The van der Waals surface area contributed by atoms with Crippen LogP contribution in [0.25, 0.3) is 0 Å². The number of amides is 1. The highest BCUT2D eigenvalue weighted by Crippen LogP contribution is 2.26. The van der Waals surface area contributed by atoms with Crippen molar-refractivity contribution in [3.63, 3.8) is 0 Å². The van der Waals surface area contributed by atoms with Crippen LogP contribution in [-0.4, -0.2) is 35.5 Å². The van der Waals surface area contributed by atoms with Crippen molar-refractivity contribution in [2.24, 2.45) is 0 Å². The molecule has 4 nitrogen and oxygen atoms in total. The summed E-state index contributed by atoms with van der Waals surface area (Å²) in [5, 5.41) is 12.2. The highest BCUT2D eigenvalue weighted by Gasteiger charge is 2.29. The highest BCUT2D eigenvalue weighted by molar-refractivity contribution is 9.10. The van der Waals surface area contributed by atoms with Gasteiger partial charge in [-0.25, -0.2) is 0 Å². The summed E-state index contributed by atoms with van der Waals surface area (Å²) in [6.07, 6.45) is 1.97. The molecule has 0 spiro atoms. The standard InChI is InChI=1S/C13H17BrN2O2/c1-15-13(18)11-3-2-6-16(11)8-9-4-5-12(17)10(14)7-9/h4-5,7,11,17H,2-3,6,8H2,1H3,(H,15,18). The molecular formula is C13H17BrN2O2. The number of likely N-dealkylation sites (N-methyl/N-ethyl adjacent to an activating group) is 1. The van der Waals surface area contributed by atoms with Gasteiger partial charge in [0.25, 0.3) is 0 Å². The first-order chi connectivity index (χ1) is 8.61. The summed E-state index contributed by atoms with van der Waals surface area (Å²) in [7, 11) is 1.68. The molecule has 2 N–H and O–H groups in total. The van der Waals surface area contributed by atoms with E-state index >= 15 is 0 Å². The Morgan fingerprint density at radius 3 is 3.06 bits per heavy atom. The van der Waals surface area contributed by atoms with Gasteiger partial charge in [-0.2, -0.15) is 0 Å². The first-order valence-corrected chi connectivity index (χ1v) is 6.84. The molecule has 1 unspecified atom stereocenters. The Hall–Kier alpha value is -1.07. The molecule has 1 aromatic rings. The molecule has 1 heterocycles. The third-order valence-electron chi connectivity index (χ3n) is 3.31. The molecule has 2 rings (SSSR count). The predicted octanol–water partition coefficient (Wildman–Crippen LogP) is 1.87. The average molecular weight is 313 g/mol. The van der Waals surface area contributed by atoms with Crippen LogP contribution in [0.15, 0.2) is 22.7 Å². The summed E-state index contributed by atoms with van der Waals surface area (Å²) >= 11 is 3.31. The fourth-order valence-corrected chi connectivity index (χ4v) is 2.79. The number of rotatable bonds is 3. The van der Waals surface area contributed by atoms with Gasteiger partial charge in [-0.05, 0) is 53.0 Å². The molecule has 0 aliphatic carbocycles. The molecule has 1 saturated heterocycles. The van der Waals surface area contributed by atoms with Crippen molar-refractivity contribution in [3.8, 4) is 5.75 Å². The summed E-state index contributed by atoms with van der Waals surface area (Å²) in [5.41, 5.74) is 1.09. The van der Waals surface area contributed by atoms with Crippen LogP contribution in [0.1, 0.15) is 18.4 Å². The lowest BCUT2D eigenvalue weighted by atomic mass is 10.1. The van der Waals surface area contributed by atoms with Crippen molar-refractivity contribution >= 4 is 21.8 Å². The van der Waals surface area contributed by atoms with Crippen molar-refractivity contribution in [2.45, 2.75) is 25.4 Å². The lowest BCUT2D eigenvalue weighted by Crippen LogP contribution is -2.41. The Balaban J connectivity index is 2.08. The van der Waals surface area contributed by atoms with Crippen LogP contribution >= 0.6 is 15.9 Å². The van der Waals surface area contributed by atoms with Crippen molar-refractivity contribution in [2.75, 3.05) is 13.6 Å². The van der Waals surface area contributed by atoms with Crippen molar-refractivity contribution < 1.29 is 9.90 Å². The second kappa shape index (κ2) is 5.71. The minimum absolute atomic E-state index is 0.0254. The van der Waals surface area contributed by atoms with Crippen LogP contribution in [0.3, 0.4) is 0 Å². The number of phenolic OH excluding ortho intramolecular Hbond substituents is 1. The largest absolute Gasteiger partial charge is 0.507 e. The zero-order valence-electron chi connectivity index (χ0n) is 10.3. The van der Waals surface area contributed by atoms with Gasteiger partial charge in [0.1, 0.15) is 5.75 Å². The van der Waals surface area contributed by atoms with E-state index in [1.165, 1.54) is 0 Å². The summed E-state index contributed by atoms with van der Waals surface area (Å²) in [6.45, 7) is 1.67. The number of phenols is 1. The minimum Gasteiger partial charge on any atom is -0.507 e. The normalized spacial score (nSPS) is 20.0. The highest BCUT2D eigenvalue weighted by atomic mass is 79.9. The minimum atomic E-state index is -0.0254. The van der Waals surface area contributed by atoms with E-state index in [-0.39, 0.29) is 17.7 Å². The molecule has 18 heavy (non-hydrogen) atoms. The van der Waals surface area contributed by atoms with Crippen LogP contribution in [0.5, 0.6) is 5.75 Å². The first-order valence-electron chi connectivity index (χ1n) is 6.05. The van der Waals surface area contributed by atoms with Crippen molar-refractivity contribution in [1.29, 1.82) is 0 Å². The monoisotopic (exact) mass is 312 g/mol. The topological polar surface area (TPSA) is 52.6 Å². The number of hydrogen-bond acceptors (Lipinski definition) is 3. The van der Waals surface area contributed by atoms with Crippen LogP contribution in [-0.2, 0) is 11.3 Å². The maximum atomic E-state index is 11.7. The Bertz CT molecular complexity index is 451. The Morgan fingerprint density at radius 1 is 1.61 bits per heavy atom. The second-order valence-electron chi connectivity index (χ2n) is 4.53. The number of nitrogens with one attached hydrogen (secondary N) is 1. The quantitative estimate of drug-likeness (QED) is 0.896. The summed E-state index contributed by atoms with van der Waals surface area (Å²) in [6, 6.07) is 5.43. The molecule has 0 aromatic heterocycles. The maximum absolute atomic E-state index is 11.7. The lowest BCUT2D eigenvalue weighted by Gasteiger charge is -2.23. The Labute approximate surface area is 115 Å². The number of likely N-dealkylation sites (tertiary alicyclic amines) is 1. The zero-order chi connectivity index (χ0) is 13.1. The van der Waals surface area contributed by atoms with E-state index in [4.69, 9.17) is 0 Å². The molecule has 1 atom stereocenters. The number of carbonyl (C=O) groups excluding carboxylic acids is 1. The van der Waals surface area contributed by atoms with Crippen molar-refractivity contribution in [1.82, 2.24) is 10.2 Å². The molecule has 0 radical (unpaired) electrons. The molecule has 0 saturated carbocycles. The number of nitrogens with zero attached hydrogens (tertiary/aromatic N) is 1. The third kappa shape index (κ3) is 2.84. The summed E-state index contributed by atoms with van der Waals surface area (Å²) < 4.78 is 0.690. The maximum Gasteiger partial charge on any atom is 0.237 e. The number of aromatic hydroxyl groups is 1. The summed E-state index contributed by atoms with van der Waals surface area (Å²) in [5.74, 6) is 0.327. The number of hydrogen-bond donors (Lipinski definition) is 2. The van der Waals surface area contributed by atoms with Crippen LogP contribution < -0.4 is 5.32 Å². The van der Waals surface area contributed by atoms with Gasteiger partial charge >= 0.3 is 0 Å². The molecule has 1 aliphatic rings. The van der Waals surface area contributed by atoms with E-state index in [1.54, 1.807) is 13.1 Å². The smallest absolute Gasteiger partial charge is 0.237 e. The SMILES string of the molecule is CNC(=O)C1CCCN1Cc1ccc(O)c(Br)c1. The molecule has 1 amide bonds. The molecule has 98 valence electrons. The van der Waals surface area contributed by atoms with Crippen LogP contribution in [0, 0.1) is 0 Å². The number of carbonyl (C=O) groups is 1. The average Bonchev–Trinajstić information content (AvgIpc) is 2.81. The van der Waals surface area contributed by atoms with Gasteiger partial charge in [0.05, 0.1) is 10.5 Å². The van der Waals surface area contributed by atoms with Gasteiger partial charge in [0, 0.05) is 13.6 Å². The predicted molar refractivity (Wildman–Crippen MR) is 73.3 cm³/mol. The van der Waals surface area contributed by atoms with Crippen LogP contribution in [0.2, 0.25) is 0 Å². The lowest BCUT2D eigenvalue weighted by molar-refractivity contribution is -0.125. The van der Waals surface area contributed by atoms with Crippen molar-refractivity contribution in [3.05, 3.63) is 28.2 Å². The second-order valence-corrected chi connectivity index (χ2v) is 5.38. The van der Waals surface area contributed by atoms with Gasteiger partial charge in [-0.15, -0.1) is 0 Å². The molecule has 0 bridgehead atoms. The fourth-order valence-electron chi connectivity index (χ4n) is 2.36. The van der Waals surface area contributed by atoms with E-state index in [1.807, 2.05) is 12.1 Å². The van der Waals surface area contributed by atoms with E-state index in [2.05, 4.69) is 26.1 Å². The first kappa shape index (κ1) is 13.4. The van der Waals surface area contributed by atoms with E-state index in [0.29, 0.717) is 4.47 Å². The molecule has 1 aliphatic heterocycles. The zero-order valence-corrected chi connectivity index (χ0v) is 11.9. The Kier molecular flexibility index (Phi) is 4.24. The Morgan fingerprint density at radius 2 is 2.39 bits per heavy atom. The number of benzene rings is 1. The van der Waals surface area contributed by atoms with Gasteiger partial charge in [-0.1, -0.05) is 6.07 Å². The molecule has 1 aromatic carbocycles. The van der Waals surface area contributed by atoms with Gasteiger partial charge in [0.15, 0.2) is 0 Å². The van der Waals surface area contributed by atoms with Gasteiger partial charge in [0.2, 0.25) is 5.91 Å². The fraction of sp³-hybridized carbons (Fsp3) is 0.462. The van der Waals surface area contributed by atoms with Crippen LogP contribution in [0.4, 0.5) is 0 Å². The summed E-state index contributed by atoms with van der Waals surface area (Å²) in [4.78, 5) is 13.9. The van der Waals surface area contributed by atoms with Gasteiger partial charge < -0.3 is 10.4 Å². The van der Waals surface area contributed by atoms with E-state index < -0.39 is 0 Å². The van der Waals surface area contributed by atoms with E-state index in [9.17, 15) is 9.90 Å². The molecular weight excluding hydrogens is 296 g/mol.